The maximum atomic E-state index is 5.90. The average Bonchev–Trinajstić information content (AvgIpc) is 2.68. The molecule has 1 heterocycles. The Kier molecular flexibility index (Phi) is 16.0. The second-order valence-corrected chi connectivity index (χ2v) is 7.03. The van der Waals surface area contributed by atoms with Crippen LogP contribution in [0.2, 0.25) is 0 Å². The van der Waals surface area contributed by atoms with E-state index in [2.05, 4.69) is 53.6 Å². The summed E-state index contributed by atoms with van der Waals surface area (Å²) >= 11 is 0. The second-order valence-electron chi connectivity index (χ2n) is 5.71. The van der Waals surface area contributed by atoms with Crippen molar-refractivity contribution in [1.82, 2.24) is 10.6 Å². The molecular formula is C22H36N4S. The van der Waals surface area contributed by atoms with Crippen molar-refractivity contribution in [3.8, 4) is 0 Å². The van der Waals surface area contributed by atoms with Crippen LogP contribution in [0.15, 0.2) is 84.6 Å². The lowest BCUT2D eigenvalue weighted by Gasteiger charge is -2.13. The van der Waals surface area contributed by atoms with Gasteiger partial charge in [-0.3, -0.25) is 5.14 Å². The van der Waals surface area contributed by atoms with E-state index in [4.69, 9.17) is 5.14 Å². The molecule has 1 aliphatic rings. The minimum absolute atomic E-state index is 0.193. The number of allylic oxidation sites excluding steroid dienone is 9. The van der Waals surface area contributed by atoms with Gasteiger partial charge in [-0.2, -0.15) is 0 Å². The maximum Gasteiger partial charge on any atom is 0.0912 e. The summed E-state index contributed by atoms with van der Waals surface area (Å²) in [6.45, 7) is 13.3. The summed E-state index contributed by atoms with van der Waals surface area (Å²) in [5.74, 6) is 0.885. The molecule has 0 aliphatic carbocycles. The van der Waals surface area contributed by atoms with Gasteiger partial charge >= 0.3 is 0 Å². The summed E-state index contributed by atoms with van der Waals surface area (Å²) in [6, 6.07) is 0. The van der Waals surface area contributed by atoms with Crippen molar-refractivity contribution < 1.29 is 0 Å². The van der Waals surface area contributed by atoms with E-state index in [0.717, 1.165) is 44.6 Å². The highest BCUT2D eigenvalue weighted by atomic mass is 32.2. The number of rotatable bonds is 13. The zero-order valence-corrected chi connectivity index (χ0v) is 17.4. The van der Waals surface area contributed by atoms with Gasteiger partial charge in [-0.15, -0.1) is 0 Å². The van der Waals surface area contributed by atoms with Gasteiger partial charge in [0.25, 0.3) is 0 Å². The lowest BCUT2D eigenvalue weighted by molar-refractivity contribution is 0.640. The van der Waals surface area contributed by atoms with Gasteiger partial charge in [-0.1, -0.05) is 72.9 Å². The fourth-order valence-corrected chi connectivity index (χ4v) is 3.23. The van der Waals surface area contributed by atoms with Crippen molar-refractivity contribution in [2.24, 2.45) is 10.9 Å². The van der Waals surface area contributed by atoms with E-state index < -0.39 is 0 Å². The Bertz CT molecular complexity index is 610. The van der Waals surface area contributed by atoms with Gasteiger partial charge in [0.2, 0.25) is 0 Å². The smallest absolute Gasteiger partial charge is 0.0912 e. The molecule has 1 rings (SSSR count). The molecule has 1 unspecified atom stereocenters. The molecule has 4 nitrogen and oxygen atoms in total. The first-order chi connectivity index (χ1) is 13.2. The van der Waals surface area contributed by atoms with Crippen LogP contribution in [-0.2, 0) is 0 Å². The Morgan fingerprint density at radius 1 is 1.15 bits per heavy atom. The molecule has 0 spiro atoms. The van der Waals surface area contributed by atoms with Crippen molar-refractivity contribution in [3.05, 3.63) is 84.6 Å². The van der Waals surface area contributed by atoms with E-state index in [1.165, 1.54) is 18.2 Å². The second kappa shape index (κ2) is 17.3. The van der Waals surface area contributed by atoms with Crippen LogP contribution in [0.5, 0.6) is 0 Å². The molecule has 0 amide bonds. The van der Waals surface area contributed by atoms with Gasteiger partial charge < -0.3 is 16.4 Å². The zero-order valence-electron chi connectivity index (χ0n) is 16.6. The Morgan fingerprint density at radius 3 is 2.48 bits per heavy atom. The largest absolute Gasteiger partial charge is 0.372 e. The van der Waals surface area contributed by atoms with E-state index in [1.54, 1.807) is 6.08 Å². The summed E-state index contributed by atoms with van der Waals surface area (Å²) in [6.07, 6.45) is 18.0. The highest BCUT2D eigenvalue weighted by Gasteiger charge is 1.99. The average molecular weight is 389 g/mol. The SMILES string of the molecule is C=C/C=C\C(=C/C=C)CCCNC(=C)NCCCC1=CC=CS(N)=C1.CN. The lowest BCUT2D eigenvalue weighted by atomic mass is 10.1. The molecule has 0 saturated heterocycles. The van der Waals surface area contributed by atoms with Gasteiger partial charge in [0.1, 0.15) is 0 Å². The highest BCUT2D eigenvalue weighted by Crippen LogP contribution is 2.14. The number of nitrogens with one attached hydrogen (secondary N) is 2. The number of nitrogens with two attached hydrogens (primary N) is 2. The predicted molar refractivity (Wildman–Crippen MR) is 126 cm³/mol. The minimum atomic E-state index is -0.193. The van der Waals surface area contributed by atoms with Gasteiger partial charge in [-0.05, 0) is 54.7 Å². The molecule has 150 valence electrons. The standard InChI is InChI=1S/C21H31N3S.CH5N/c1-4-6-11-20(10-5-2)12-7-15-23-19(3)24-16-8-13-21-14-9-17-25(22)18-21;1-2/h4-6,9-11,14,17-18,23-24H,1-3,7-8,12-13,15-16,22H2;2H2,1H3/b11-6-,20-10+;. The van der Waals surface area contributed by atoms with Crippen LogP contribution < -0.4 is 21.5 Å². The Labute approximate surface area is 168 Å². The molecule has 0 radical (unpaired) electrons. The third-order valence-corrected chi connectivity index (χ3v) is 4.62. The summed E-state index contributed by atoms with van der Waals surface area (Å²) < 4.78 is 0. The fraction of sp³-hybridized carbons (Fsp3) is 0.318. The first-order valence-electron chi connectivity index (χ1n) is 9.19. The van der Waals surface area contributed by atoms with Crippen LogP contribution in [-0.4, -0.2) is 25.5 Å². The normalized spacial score (nSPS) is 15.9. The summed E-state index contributed by atoms with van der Waals surface area (Å²) in [5.41, 5.74) is 7.07. The lowest BCUT2D eigenvalue weighted by Crippen LogP contribution is -2.27. The predicted octanol–water partition coefficient (Wildman–Crippen LogP) is 4.03. The van der Waals surface area contributed by atoms with Crippen LogP contribution in [0.3, 0.4) is 0 Å². The number of hydrogen-bond donors (Lipinski definition) is 4. The Morgan fingerprint density at radius 2 is 1.85 bits per heavy atom. The zero-order chi connectivity index (χ0) is 20.3. The Hall–Kier alpha value is -2.08. The van der Waals surface area contributed by atoms with Crippen LogP contribution in [0, 0.1) is 0 Å². The van der Waals surface area contributed by atoms with E-state index in [9.17, 15) is 0 Å². The third-order valence-electron chi connectivity index (χ3n) is 3.57. The van der Waals surface area contributed by atoms with Crippen LogP contribution in [0.4, 0.5) is 0 Å². The van der Waals surface area contributed by atoms with Crippen molar-refractivity contribution in [2.75, 3.05) is 20.1 Å². The fourth-order valence-electron chi connectivity index (χ4n) is 2.34. The van der Waals surface area contributed by atoms with Gasteiger partial charge in [-0.25, -0.2) is 0 Å². The molecule has 6 N–H and O–H groups in total. The van der Waals surface area contributed by atoms with Crippen LogP contribution in [0.1, 0.15) is 25.7 Å². The molecular weight excluding hydrogens is 352 g/mol. The van der Waals surface area contributed by atoms with E-state index in [0.29, 0.717) is 0 Å². The molecule has 0 fully saturated rings. The first kappa shape index (κ1) is 24.9. The molecule has 0 aromatic carbocycles. The molecule has 0 aromatic rings. The van der Waals surface area contributed by atoms with Gasteiger partial charge in [0.05, 0.1) is 5.82 Å². The number of hydrogen-bond acceptors (Lipinski definition) is 4. The van der Waals surface area contributed by atoms with Gasteiger partial charge in [0, 0.05) is 13.1 Å². The molecule has 1 atom stereocenters. The topological polar surface area (TPSA) is 76.1 Å². The van der Waals surface area contributed by atoms with Crippen LogP contribution >= 0.6 is 10.7 Å². The molecule has 0 aromatic heterocycles. The van der Waals surface area contributed by atoms with Crippen molar-refractivity contribution >= 4 is 16.0 Å². The molecule has 0 bridgehead atoms. The summed E-state index contributed by atoms with van der Waals surface area (Å²) in [5, 5.41) is 16.7. The monoisotopic (exact) mass is 388 g/mol. The first-order valence-corrected chi connectivity index (χ1v) is 10.6. The third kappa shape index (κ3) is 13.7. The quantitative estimate of drug-likeness (QED) is 0.218. The van der Waals surface area contributed by atoms with Crippen molar-refractivity contribution in [2.45, 2.75) is 25.7 Å². The minimum Gasteiger partial charge on any atom is -0.372 e. The summed E-state index contributed by atoms with van der Waals surface area (Å²) in [4.78, 5) is 0. The Balaban J connectivity index is 0.00000326. The van der Waals surface area contributed by atoms with E-state index in [1.807, 2.05) is 29.7 Å². The van der Waals surface area contributed by atoms with E-state index >= 15 is 0 Å². The van der Waals surface area contributed by atoms with Gasteiger partial charge in [0.15, 0.2) is 0 Å². The molecule has 0 saturated carbocycles. The van der Waals surface area contributed by atoms with Crippen molar-refractivity contribution in [3.63, 3.8) is 0 Å². The van der Waals surface area contributed by atoms with Crippen molar-refractivity contribution in [1.29, 1.82) is 0 Å². The molecule has 27 heavy (non-hydrogen) atoms. The highest BCUT2D eigenvalue weighted by molar-refractivity contribution is 8.15. The van der Waals surface area contributed by atoms with Crippen LogP contribution in [0.25, 0.3) is 0 Å². The molecule has 5 heteroatoms. The molecule has 1 aliphatic heterocycles. The maximum absolute atomic E-state index is 5.90. The summed E-state index contributed by atoms with van der Waals surface area (Å²) in [7, 11) is 1.31. The van der Waals surface area contributed by atoms with E-state index in [-0.39, 0.29) is 10.7 Å².